The molecule has 4 aromatic rings. The molecule has 1 N–H and O–H groups in total. The van der Waals surface area contributed by atoms with Crippen LogP contribution in [0, 0.1) is 0 Å². The Balaban J connectivity index is 1.38. The Morgan fingerprint density at radius 3 is 2.53 bits per heavy atom. The summed E-state index contributed by atoms with van der Waals surface area (Å²) in [5, 5.41) is 7.01. The molecule has 9 heteroatoms. The largest absolute Gasteiger partial charge is 0.332 e. The highest BCUT2D eigenvalue weighted by atomic mass is 32.1. The number of thiophene rings is 1. The van der Waals surface area contributed by atoms with Crippen LogP contribution in [0.5, 0.6) is 0 Å². The smallest absolute Gasteiger partial charge is 0.326 e. The number of benzene rings is 1. The lowest BCUT2D eigenvalue weighted by Crippen LogP contribution is -2.37. The van der Waals surface area contributed by atoms with Crippen LogP contribution in [0.4, 0.5) is 5.69 Å². The summed E-state index contributed by atoms with van der Waals surface area (Å²) in [6.07, 6.45) is 2.38. The van der Waals surface area contributed by atoms with Gasteiger partial charge in [-0.2, -0.15) is 11.3 Å². The van der Waals surface area contributed by atoms with E-state index in [1.165, 1.54) is 17.9 Å². The number of fused-ring (bicyclic) bond motifs is 1. The minimum Gasteiger partial charge on any atom is -0.326 e. The van der Waals surface area contributed by atoms with Gasteiger partial charge < -0.3 is 9.88 Å². The van der Waals surface area contributed by atoms with Crippen molar-refractivity contribution in [1.29, 1.82) is 0 Å². The fourth-order valence-electron chi connectivity index (χ4n) is 3.37. The lowest BCUT2D eigenvalue weighted by atomic mass is 10.1. The average Bonchev–Trinajstić information content (AvgIpc) is 3.42. The molecule has 0 aliphatic heterocycles. The first-order valence-corrected chi connectivity index (χ1v) is 10.4. The number of aromatic nitrogens is 4. The van der Waals surface area contributed by atoms with Crippen molar-refractivity contribution in [3.63, 3.8) is 0 Å². The molecule has 0 aliphatic rings. The van der Waals surface area contributed by atoms with E-state index in [-0.39, 0.29) is 11.5 Å². The van der Waals surface area contributed by atoms with Crippen molar-refractivity contribution in [2.24, 2.45) is 14.1 Å². The number of nitrogens with zero attached hydrogens (tertiary/aromatic N) is 4. The third-order valence-corrected chi connectivity index (χ3v) is 5.73. The molecule has 154 valence electrons. The topological polar surface area (TPSA) is 90.9 Å². The van der Waals surface area contributed by atoms with Crippen molar-refractivity contribution in [3.05, 3.63) is 68.3 Å². The maximum atomic E-state index is 12.4. The van der Waals surface area contributed by atoms with E-state index < -0.39 is 5.69 Å². The third-order valence-electron chi connectivity index (χ3n) is 5.04. The number of aryl methyl sites for hydroxylation is 2. The molecule has 30 heavy (non-hydrogen) atoms. The van der Waals surface area contributed by atoms with Crippen molar-refractivity contribution in [2.45, 2.75) is 19.4 Å². The Bertz CT molecular complexity index is 1310. The molecule has 0 spiro atoms. The summed E-state index contributed by atoms with van der Waals surface area (Å²) in [5.74, 6) is -0.0944. The van der Waals surface area contributed by atoms with Gasteiger partial charge in [0.15, 0.2) is 11.2 Å². The highest BCUT2D eigenvalue weighted by molar-refractivity contribution is 7.08. The van der Waals surface area contributed by atoms with Gasteiger partial charge in [-0.15, -0.1) is 0 Å². The zero-order chi connectivity index (χ0) is 21.3. The van der Waals surface area contributed by atoms with Crippen LogP contribution in [-0.2, 0) is 25.4 Å². The van der Waals surface area contributed by atoms with Crippen LogP contribution in [0.3, 0.4) is 0 Å². The number of carbonyl (C=O) groups is 1. The summed E-state index contributed by atoms with van der Waals surface area (Å²) >= 11 is 1.65. The summed E-state index contributed by atoms with van der Waals surface area (Å²) in [7, 11) is 3.02. The Kier molecular flexibility index (Phi) is 5.37. The molecule has 0 saturated carbocycles. The molecule has 1 amide bonds. The predicted octanol–water partition coefficient (Wildman–Crippen LogP) is 2.58. The van der Waals surface area contributed by atoms with Gasteiger partial charge in [0, 0.05) is 32.7 Å². The average molecular weight is 423 g/mol. The summed E-state index contributed by atoms with van der Waals surface area (Å²) < 4.78 is 4.10. The van der Waals surface area contributed by atoms with Crippen molar-refractivity contribution < 1.29 is 4.79 Å². The number of rotatable bonds is 6. The van der Waals surface area contributed by atoms with Crippen LogP contribution in [0.1, 0.15) is 12.8 Å². The molecule has 0 atom stereocenters. The quantitative estimate of drug-likeness (QED) is 0.516. The number of hydrogen-bond donors (Lipinski definition) is 1. The highest BCUT2D eigenvalue weighted by Crippen LogP contribution is 2.23. The molecule has 0 aliphatic carbocycles. The maximum Gasteiger partial charge on any atom is 0.332 e. The standard InChI is InChI=1S/C21H21N5O3S/c1-24-19-18(20(28)25(2)21(24)29)26(13-22-19)10-3-4-17(27)23-16-7-5-14(6-8-16)15-9-11-30-12-15/h5-9,11-13H,3-4,10H2,1-2H3,(H,23,27). The van der Waals surface area contributed by atoms with Gasteiger partial charge in [0.2, 0.25) is 5.91 Å². The number of imidazole rings is 1. The molecule has 0 radical (unpaired) electrons. The van der Waals surface area contributed by atoms with E-state index in [1.54, 1.807) is 23.0 Å². The fraction of sp³-hybridized carbons (Fsp3) is 0.238. The Hall–Kier alpha value is -3.46. The van der Waals surface area contributed by atoms with E-state index in [2.05, 4.69) is 21.7 Å². The monoisotopic (exact) mass is 423 g/mol. The van der Waals surface area contributed by atoms with Crippen molar-refractivity contribution >= 4 is 34.1 Å². The second-order valence-corrected chi connectivity index (χ2v) is 7.84. The molecule has 3 heterocycles. The van der Waals surface area contributed by atoms with E-state index in [1.807, 2.05) is 29.6 Å². The summed E-state index contributed by atoms with van der Waals surface area (Å²) in [6.45, 7) is 0.453. The molecule has 0 saturated heterocycles. The number of anilines is 1. The Morgan fingerprint density at radius 1 is 1.07 bits per heavy atom. The third kappa shape index (κ3) is 3.71. The van der Waals surface area contributed by atoms with Crippen LogP contribution >= 0.6 is 11.3 Å². The van der Waals surface area contributed by atoms with Gasteiger partial charge in [-0.25, -0.2) is 9.78 Å². The van der Waals surface area contributed by atoms with E-state index in [4.69, 9.17) is 0 Å². The normalized spacial score (nSPS) is 11.1. The summed E-state index contributed by atoms with van der Waals surface area (Å²) in [6, 6.07) is 9.80. The van der Waals surface area contributed by atoms with Crippen molar-refractivity contribution in [1.82, 2.24) is 18.7 Å². The molecular weight excluding hydrogens is 402 g/mol. The second-order valence-electron chi connectivity index (χ2n) is 7.06. The first-order valence-electron chi connectivity index (χ1n) is 9.49. The predicted molar refractivity (Wildman–Crippen MR) is 118 cm³/mol. The Labute approximate surface area is 176 Å². The lowest BCUT2D eigenvalue weighted by molar-refractivity contribution is -0.116. The zero-order valence-corrected chi connectivity index (χ0v) is 17.5. The minimum atomic E-state index is -0.415. The van der Waals surface area contributed by atoms with Crippen molar-refractivity contribution in [2.75, 3.05) is 5.32 Å². The van der Waals surface area contributed by atoms with E-state index in [0.717, 1.165) is 21.4 Å². The first-order chi connectivity index (χ1) is 14.5. The molecule has 8 nitrogen and oxygen atoms in total. The van der Waals surface area contributed by atoms with Crippen LogP contribution in [-0.4, -0.2) is 24.6 Å². The van der Waals surface area contributed by atoms with E-state index in [0.29, 0.717) is 30.6 Å². The summed E-state index contributed by atoms with van der Waals surface area (Å²) in [5.41, 5.74) is 2.92. The lowest BCUT2D eigenvalue weighted by Gasteiger charge is -2.08. The van der Waals surface area contributed by atoms with Gasteiger partial charge in [0.25, 0.3) is 5.56 Å². The van der Waals surface area contributed by atoms with Crippen LogP contribution in [0.25, 0.3) is 22.3 Å². The highest BCUT2D eigenvalue weighted by Gasteiger charge is 2.14. The SMILES string of the molecule is Cn1c(=O)c2c(ncn2CCCC(=O)Nc2ccc(-c3ccsc3)cc2)n(C)c1=O. The Morgan fingerprint density at radius 2 is 1.83 bits per heavy atom. The van der Waals surface area contributed by atoms with Gasteiger partial charge >= 0.3 is 5.69 Å². The molecule has 0 unspecified atom stereocenters. The minimum absolute atomic E-state index is 0.0944. The fourth-order valence-corrected chi connectivity index (χ4v) is 4.04. The molecule has 1 aromatic carbocycles. The van der Waals surface area contributed by atoms with Crippen LogP contribution < -0.4 is 16.6 Å². The van der Waals surface area contributed by atoms with Gasteiger partial charge in [0.05, 0.1) is 6.33 Å². The number of nitrogens with one attached hydrogen (secondary N) is 1. The van der Waals surface area contributed by atoms with Gasteiger partial charge in [0.1, 0.15) is 0 Å². The number of hydrogen-bond acceptors (Lipinski definition) is 5. The van der Waals surface area contributed by atoms with Crippen molar-refractivity contribution in [3.8, 4) is 11.1 Å². The summed E-state index contributed by atoms with van der Waals surface area (Å²) in [4.78, 5) is 40.9. The van der Waals surface area contributed by atoms with E-state index in [9.17, 15) is 14.4 Å². The molecule has 3 aromatic heterocycles. The zero-order valence-electron chi connectivity index (χ0n) is 16.7. The van der Waals surface area contributed by atoms with Crippen LogP contribution in [0.15, 0.2) is 57.0 Å². The molecule has 0 bridgehead atoms. The van der Waals surface area contributed by atoms with E-state index >= 15 is 0 Å². The number of amides is 1. The molecule has 0 fully saturated rings. The van der Waals surface area contributed by atoms with Gasteiger partial charge in [-0.1, -0.05) is 12.1 Å². The van der Waals surface area contributed by atoms with Crippen LogP contribution in [0.2, 0.25) is 0 Å². The van der Waals surface area contributed by atoms with Gasteiger partial charge in [-0.05, 0) is 46.5 Å². The number of carbonyl (C=O) groups excluding carboxylic acids is 1. The van der Waals surface area contributed by atoms with Gasteiger partial charge in [-0.3, -0.25) is 18.7 Å². The second kappa shape index (κ2) is 8.11. The maximum absolute atomic E-state index is 12.4. The first kappa shape index (κ1) is 19.8. The molecule has 4 rings (SSSR count). The molecular formula is C21H21N5O3S.